The molecule has 1 aromatic carbocycles. The van der Waals surface area contributed by atoms with E-state index in [0.717, 1.165) is 5.56 Å². The summed E-state index contributed by atoms with van der Waals surface area (Å²) in [6.45, 7) is 2.94. The van der Waals surface area contributed by atoms with Gasteiger partial charge in [0.1, 0.15) is 5.82 Å². The molecule has 1 unspecified atom stereocenters. The highest BCUT2D eigenvalue weighted by Crippen LogP contribution is 2.19. The highest BCUT2D eigenvalue weighted by atomic mass is 32.2. The largest absolute Gasteiger partial charge is 0.334 e. The van der Waals surface area contributed by atoms with E-state index in [4.69, 9.17) is 0 Å². The summed E-state index contributed by atoms with van der Waals surface area (Å²) in [6.07, 6.45) is 0.694. The topological polar surface area (TPSA) is 69.7 Å². The maximum Gasteiger partial charge on any atom is 0.317 e. The van der Waals surface area contributed by atoms with Gasteiger partial charge in [0.2, 0.25) is 0 Å². The zero-order valence-corrected chi connectivity index (χ0v) is 14.3. The minimum Gasteiger partial charge on any atom is -0.334 e. The van der Waals surface area contributed by atoms with Gasteiger partial charge in [0.25, 0.3) is 0 Å². The van der Waals surface area contributed by atoms with Crippen LogP contribution in [0.25, 0.3) is 0 Å². The van der Waals surface area contributed by atoms with E-state index in [-0.39, 0.29) is 29.4 Å². The summed E-state index contributed by atoms with van der Waals surface area (Å²) >= 11 is 0. The Balaban J connectivity index is 1.44. The van der Waals surface area contributed by atoms with Crippen molar-refractivity contribution in [2.24, 2.45) is 0 Å². The van der Waals surface area contributed by atoms with Crippen molar-refractivity contribution in [1.29, 1.82) is 0 Å². The van der Waals surface area contributed by atoms with Crippen molar-refractivity contribution in [2.45, 2.75) is 19.0 Å². The van der Waals surface area contributed by atoms with Gasteiger partial charge in [-0.2, -0.15) is 0 Å². The minimum absolute atomic E-state index is 0.0967. The second-order valence-corrected chi connectivity index (χ2v) is 8.59. The van der Waals surface area contributed by atoms with Crippen LogP contribution in [0.5, 0.6) is 0 Å². The van der Waals surface area contributed by atoms with Crippen molar-refractivity contribution in [2.75, 3.05) is 37.7 Å². The Labute approximate surface area is 141 Å². The molecule has 2 saturated heterocycles. The van der Waals surface area contributed by atoms with Gasteiger partial charge in [-0.15, -0.1) is 0 Å². The highest BCUT2D eigenvalue weighted by Gasteiger charge is 2.34. The Bertz CT molecular complexity index is 685. The second-order valence-electron chi connectivity index (χ2n) is 6.37. The molecular weight excluding hydrogens is 333 g/mol. The number of nitrogens with one attached hydrogen (secondary N) is 1. The first-order valence-electron chi connectivity index (χ1n) is 8.15. The smallest absolute Gasteiger partial charge is 0.317 e. The maximum atomic E-state index is 12.9. The van der Waals surface area contributed by atoms with Crippen LogP contribution >= 0.6 is 0 Å². The lowest BCUT2D eigenvalue weighted by Gasteiger charge is -2.37. The number of urea groups is 1. The number of carbonyl (C=O) groups is 1. The van der Waals surface area contributed by atoms with Gasteiger partial charge in [0, 0.05) is 38.8 Å². The van der Waals surface area contributed by atoms with Crippen LogP contribution in [0.3, 0.4) is 0 Å². The SMILES string of the molecule is O=C(NCc1ccc(F)cc1)N1CCN(C2CCS(=O)(=O)C2)CC1. The normalized spacial score (nSPS) is 24.0. The predicted octanol–water partition coefficient (Wildman–Crippen LogP) is 0.840. The zero-order chi connectivity index (χ0) is 17.2. The van der Waals surface area contributed by atoms with Crippen LogP contribution in [0, 0.1) is 5.82 Å². The number of benzene rings is 1. The molecule has 1 aromatic rings. The third-order valence-corrected chi connectivity index (χ3v) is 6.43. The number of sulfone groups is 1. The summed E-state index contributed by atoms with van der Waals surface area (Å²) in [4.78, 5) is 16.1. The Hall–Kier alpha value is -1.67. The Kier molecular flexibility index (Phi) is 5.05. The summed E-state index contributed by atoms with van der Waals surface area (Å²) < 4.78 is 36.0. The van der Waals surface area contributed by atoms with Crippen LogP contribution in [0.15, 0.2) is 24.3 Å². The molecule has 0 radical (unpaired) electrons. The number of amides is 2. The van der Waals surface area contributed by atoms with Gasteiger partial charge >= 0.3 is 6.03 Å². The first-order chi connectivity index (χ1) is 11.4. The monoisotopic (exact) mass is 355 g/mol. The molecule has 0 spiro atoms. The van der Waals surface area contributed by atoms with Crippen LogP contribution in [0.2, 0.25) is 0 Å². The predicted molar refractivity (Wildman–Crippen MR) is 88.8 cm³/mol. The van der Waals surface area contributed by atoms with Crippen molar-refractivity contribution >= 4 is 15.9 Å². The molecule has 8 heteroatoms. The van der Waals surface area contributed by atoms with Crippen LogP contribution in [0.1, 0.15) is 12.0 Å². The molecular formula is C16H22FN3O3S. The number of carbonyl (C=O) groups excluding carboxylic acids is 1. The van der Waals surface area contributed by atoms with Gasteiger partial charge in [0.15, 0.2) is 9.84 Å². The lowest BCUT2D eigenvalue weighted by atomic mass is 10.2. The Morgan fingerprint density at radius 1 is 1.17 bits per heavy atom. The first-order valence-corrected chi connectivity index (χ1v) is 9.97. The summed E-state index contributed by atoms with van der Waals surface area (Å²) in [5, 5.41) is 2.84. The van der Waals surface area contributed by atoms with E-state index in [1.807, 2.05) is 0 Å². The molecule has 0 saturated carbocycles. The van der Waals surface area contributed by atoms with Crippen molar-refractivity contribution < 1.29 is 17.6 Å². The molecule has 0 aromatic heterocycles. The molecule has 3 rings (SSSR count). The molecule has 1 atom stereocenters. The first kappa shape index (κ1) is 17.2. The van der Waals surface area contributed by atoms with Crippen LogP contribution in [-0.2, 0) is 16.4 Å². The van der Waals surface area contributed by atoms with Gasteiger partial charge < -0.3 is 10.2 Å². The van der Waals surface area contributed by atoms with E-state index < -0.39 is 9.84 Å². The van der Waals surface area contributed by atoms with E-state index in [1.54, 1.807) is 17.0 Å². The number of hydrogen-bond donors (Lipinski definition) is 1. The lowest BCUT2D eigenvalue weighted by Crippen LogP contribution is -2.54. The van der Waals surface area contributed by atoms with Gasteiger partial charge in [-0.3, -0.25) is 4.90 Å². The van der Waals surface area contributed by atoms with Crippen LogP contribution in [-0.4, -0.2) is 68.0 Å². The van der Waals surface area contributed by atoms with Gasteiger partial charge in [-0.1, -0.05) is 12.1 Å². The third-order valence-electron chi connectivity index (χ3n) is 4.68. The molecule has 2 amide bonds. The van der Waals surface area contributed by atoms with Gasteiger partial charge in [0.05, 0.1) is 11.5 Å². The Morgan fingerprint density at radius 2 is 1.83 bits per heavy atom. The number of rotatable bonds is 3. The van der Waals surface area contributed by atoms with Crippen molar-refractivity contribution in [1.82, 2.24) is 15.1 Å². The lowest BCUT2D eigenvalue weighted by molar-refractivity contribution is 0.115. The molecule has 24 heavy (non-hydrogen) atoms. The second kappa shape index (κ2) is 7.06. The fraction of sp³-hybridized carbons (Fsp3) is 0.562. The molecule has 132 valence electrons. The molecule has 2 fully saturated rings. The van der Waals surface area contributed by atoms with E-state index >= 15 is 0 Å². The van der Waals surface area contributed by atoms with E-state index in [0.29, 0.717) is 39.1 Å². The van der Waals surface area contributed by atoms with Crippen molar-refractivity contribution in [3.05, 3.63) is 35.6 Å². The standard InChI is InChI=1S/C16H22FN3O3S/c17-14-3-1-13(2-4-14)11-18-16(21)20-8-6-19(7-9-20)15-5-10-24(22,23)12-15/h1-4,15H,5-12H2,(H,18,21). The number of halogens is 1. The fourth-order valence-corrected chi connectivity index (χ4v) is 5.01. The van der Waals surface area contributed by atoms with Crippen molar-refractivity contribution in [3.63, 3.8) is 0 Å². The minimum atomic E-state index is -2.88. The highest BCUT2D eigenvalue weighted by molar-refractivity contribution is 7.91. The summed E-state index contributed by atoms with van der Waals surface area (Å²) in [5.74, 6) is 0.218. The quantitative estimate of drug-likeness (QED) is 0.872. The van der Waals surface area contributed by atoms with E-state index in [9.17, 15) is 17.6 Å². The average Bonchev–Trinajstić information content (AvgIpc) is 2.94. The zero-order valence-electron chi connectivity index (χ0n) is 13.4. The van der Waals surface area contributed by atoms with Crippen LogP contribution < -0.4 is 5.32 Å². The summed E-state index contributed by atoms with van der Waals surface area (Å²) in [5.41, 5.74) is 0.847. The molecule has 0 bridgehead atoms. The average molecular weight is 355 g/mol. The maximum absolute atomic E-state index is 12.9. The number of piperazine rings is 1. The molecule has 0 aliphatic carbocycles. The molecule has 1 N–H and O–H groups in total. The van der Waals surface area contributed by atoms with Crippen molar-refractivity contribution in [3.8, 4) is 0 Å². The molecule has 2 aliphatic heterocycles. The number of hydrogen-bond acceptors (Lipinski definition) is 4. The van der Waals surface area contributed by atoms with E-state index in [2.05, 4.69) is 10.2 Å². The van der Waals surface area contributed by atoms with Crippen LogP contribution in [0.4, 0.5) is 9.18 Å². The summed E-state index contributed by atoms with van der Waals surface area (Å²) in [6, 6.07) is 5.99. The van der Waals surface area contributed by atoms with Gasteiger partial charge in [-0.05, 0) is 24.1 Å². The summed E-state index contributed by atoms with van der Waals surface area (Å²) in [7, 11) is -2.88. The molecule has 6 nitrogen and oxygen atoms in total. The van der Waals surface area contributed by atoms with Gasteiger partial charge in [-0.25, -0.2) is 17.6 Å². The number of nitrogens with zero attached hydrogens (tertiary/aromatic N) is 2. The van der Waals surface area contributed by atoms with E-state index in [1.165, 1.54) is 12.1 Å². The molecule has 2 aliphatic rings. The Morgan fingerprint density at radius 3 is 2.42 bits per heavy atom. The molecule has 2 heterocycles. The third kappa shape index (κ3) is 4.24. The fourth-order valence-electron chi connectivity index (χ4n) is 3.25.